The molecule has 2 atom stereocenters. The topological polar surface area (TPSA) is 66.5 Å². The zero-order valence-corrected chi connectivity index (χ0v) is 16.4. The van der Waals surface area contributed by atoms with Crippen molar-refractivity contribution in [2.24, 2.45) is 11.8 Å². The van der Waals surface area contributed by atoms with Gasteiger partial charge in [-0.15, -0.1) is 0 Å². The third-order valence-electron chi connectivity index (χ3n) is 5.94. The molecule has 0 radical (unpaired) electrons. The molecule has 0 unspecified atom stereocenters. The number of likely N-dealkylation sites (tertiary alicyclic amines) is 1. The lowest BCUT2D eigenvalue weighted by Crippen LogP contribution is -2.35. The van der Waals surface area contributed by atoms with Crippen molar-refractivity contribution in [1.82, 2.24) is 10.2 Å². The molecule has 1 aliphatic carbocycles. The minimum Gasteiger partial charge on any atom is -0.356 e. The van der Waals surface area contributed by atoms with Crippen LogP contribution in [-0.4, -0.2) is 35.7 Å². The fourth-order valence-corrected chi connectivity index (χ4v) is 4.39. The van der Waals surface area contributed by atoms with Crippen molar-refractivity contribution in [2.45, 2.75) is 58.8 Å². The first kappa shape index (κ1) is 19.6. The maximum atomic E-state index is 12.4. The zero-order valence-electron chi connectivity index (χ0n) is 16.4. The van der Waals surface area contributed by atoms with Crippen LogP contribution in [0.5, 0.6) is 0 Å². The van der Waals surface area contributed by atoms with Crippen LogP contribution in [0.4, 0.5) is 0 Å². The summed E-state index contributed by atoms with van der Waals surface area (Å²) < 4.78 is 0. The van der Waals surface area contributed by atoms with E-state index in [1.165, 1.54) is 21.6 Å². The van der Waals surface area contributed by atoms with E-state index in [9.17, 15) is 14.4 Å². The molecule has 1 N–H and O–H groups in total. The molecule has 27 heavy (non-hydrogen) atoms. The highest BCUT2D eigenvalue weighted by molar-refractivity contribution is 6.05. The average molecular weight is 370 g/mol. The van der Waals surface area contributed by atoms with E-state index in [0.29, 0.717) is 6.54 Å². The molecule has 1 aromatic rings. The minimum atomic E-state index is -0.132. The number of amides is 3. The molecule has 5 nitrogen and oxygen atoms in total. The monoisotopic (exact) mass is 370 g/mol. The molecule has 2 fully saturated rings. The van der Waals surface area contributed by atoms with E-state index < -0.39 is 0 Å². The van der Waals surface area contributed by atoms with Crippen LogP contribution in [0.25, 0.3) is 0 Å². The highest BCUT2D eigenvalue weighted by Gasteiger charge is 2.47. The SMILES string of the molecule is Cc1ccc(CCCNC(=O)CCN2C(=O)[C@@H]3CCCC[C@H]3C2=O)c(C)c1. The van der Waals surface area contributed by atoms with Gasteiger partial charge in [-0.3, -0.25) is 19.3 Å². The van der Waals surface area contributed by atoms with Crippen molar-refractivity contribution in [3.05, 3.63) is 34.9 Å². The number of nitrogens with zero attached hydrogens (tertiary/aromatic N) is 1. The Morgan fingerprint density at radius 1 is 1.11 bits per heavy atom. The summed E-state index contributed by atoms with van der Waals surface area (Å²) in [4.78, 5) is 38.2. The van der Waals surface area contributed by atoms with Crippen molar-refractivity contribution in [3.63, 3.8) is 0 Å². The molecule has 0 aromatic heterocycles. The van der Waals surface area contributed by atoms with Crippen LogP contribution < -0.4 is 5.32 Å². The number of carbonyl (C=O) groups excluding carboxylic acids is 3. The lowest BCUT2D eigenvalue weighted by atomic mass is 9.81. The number of hydrogen-bond acceptors (Lipinski definition) is 3. The van der Waals surface area contributed by atoms with E-state index in [0.717, 1.165) is 38.5 Å². The van der Waals surface area contributed by atoms with Crippen molar-refractivity contribution < 1.29 is 14.4 Å². The molecule has 1 aliphatic heterocycles. The van der Waals surface area contributed by atoms with Crippen molar-refractivity contribution in [2.75, 3.05) is 13.1 Å². The quantitative estimate of drug-likeness (QED) is 0.593. The molecule has 1 heterocycles. The van der Waals surface area contributed by atoms with Gasteiger partial charge in [0.1, 0.15) is 0 Å². The van der Waals surface area contributed by atoms with Crippen LogP contribution in [0.15, 0.2) is 18.2 Å². The smallest absolute Gasteiger partial charge is 0.233 e. The van der Waals surface area contributed by atoms with Crippen LogP contribution in [-0.2, 0) is 20.8 Å². The molecule has 5 heteroatoms. The maximum Gasteiger partial charge on any atom is 0.233 e. The van der Waals surface area contributed by atoms with Crippen LogP contribution >= 0.6 is 0 Å². The maximum absolute atomic E-state index is 12.4. The Balaban J connectivity index is 1.38. The Morgan fingerprint density at radius 2 is 1.78 bits per heavy atom. The highest BCUT2D eigenvalue weighted by Crippen LogP contribution is 2.37. The summed E-state index contributed by atoms with van der Waals surface area (Å²) in [6, 6.07) is 6.44. The summed E-state index contributed by atoms with van der Waals surface area (Å²) in [5.41, 5.74) is 3.86. The Bertz CT molecular complexity index is 704. The molecule has 1 saturated carbocycles. The average Bonchev–Trinajstić information content (AvgIpc) is 2.89. The van der Waals surface area contributed by atoms with Crippen molar-refractivity contribution >= 4 is 17.7 Å². The molecule has 1 aromatic carbocycles. The number of imide groups is 1. The molecule has 3 amide bonds. The lowest BCUT2D eigenvalue weighted by Gasteiger charge is -2.19. The fourth-order valence-electron chi connectivity index (χ4n) is 4.39. The third kappa shape index (κ3) is 4.57. The first-order chi connectivity index (χ1) is 13.0. The molecular weight excluding hydrogens is 340 g/mol. The zero-order chi connectivity index (χ0) is 19.4. The van der Waals surface area contributed by atoms with E-state index >= 15 is 0 Å². The van der Waals surface area contributed by atoms with Gasteiger partial charge in [0.25, 0.3) is 0 Å². The van der Waals surface area contributed by atoms with E-state index in [-0.39, 0.29) is 42.5 Å². The van der Waals surface area contributed by atoms with Crippen LogP contribution in [0, 0.1) is 25.7 Å². The van der Waals surface area contributed by atoms with Crippen molar-refractivity contribution in [3.8, 4) is 0 Å². The molecule has 0 bridgehead atoms. The van der Waals surface area contributed by atoms with Crippen LogP contribution in [0.2, 0.25) is 0 Å². The van der Waals surface area contributed by atoms with Gasteiger partial charge in [-0.25, -0.2) is 0 Å². The summed E-state index contributed by atoms with van der Waals surface area (Å²) in [6.45, 7) is 5.03. The number of fused-ring (bicyclic) bond motifs is 1. The Kier molecular flexibility index (Phi) is 6.30. The predicted molar refractivity (Wildman–Crippen MR) is 104 cm³/mol. The van der Waals surface area contributed by atoms with Gasteiger partial charge in [-0.2, -0.15) is 0 Å². The number of benzene rings is 1. The number of carbonyl (C=O) groups is 3. The van der Waals surface area contributed by atoms with Gasteiger partial charge in [0.2, 0.25) is 17.7 Å². The largest absolute Gasteiger partial charge is 0.356 e. The highest BCUT2D eigenvalue weighted by atomic mass is 16.2. The summed E-state index contributed by atoms with van der Waals surface area (Å²) >= 11 is 0. The second-order valence-electron chi connectivity index (χ2n) is 7.96. The van der Waals surface area contributed by atoms with Crippen molar-refractivity contribution in [1.29, 1.82) is 0 Å². The van der Waals surface area contributed by atoms with Gasteiger partial charge in [0, 0.05) is 19.5 Å². The molecule has 1 saturated heterocycles. The molecule has 0 spiro atoms. The first-order valence-electron chi connectivity index (χ1n) is 10.2. The second-order valence-corrected chi connectivity index (χ2v) is 7.96. The van der Waals surface area contributed by atoms with Gasteiger partial charge in [-0.1, -0.05) is 36.6 Å². The van der Waals surface area contributed by atoms with E-state index in [1.54, 1.807) is 0 Å². The van der Waals surface area contributed by atoms with E-state index in [1.807, 2.05) is 0 Å². The minimum absolute atomic E-state index is 0.0626. The number of aryl methyl sites for hydroxylation is 3. The van der Waals surface area contributed by atoms with Gasteiger partial charge in [-0.05, 0) is 50.7 Å². The standard InChI is InChI=1S/C22H30N2O3/c1-15-9-10-17(16(2)14-15)6-5-12-23-20(25)11-13-24-21(26)18-7-3-4-8-19(18)22(24)27/h9-10,14,18-19H,3-8,11-13H2,1-2H3,(H,23,25)/t18-,19-/m1/s1. The molecule has 2 aliphatic rings. The number of nitrogens with one attached hydrogen (secondary N) is 1. The van der Waals surface area contributed by atoms with Crippen LogP contribution in [0.1, 0.15) is 55.2 Å². The molecule has 3 rings (SSSR count). The fraction of sp³-hybridized carbons (Fsp3) is 0.591. The first-order valence-corrected chi connectivity index (χ1v) is 10.2. The lowest BCUT2D eigenvalue weighted by molar-refractivity contribution is -0.140. The Hall–Kier alpha value is -2.17. The normalized spacial score (nSPS) is 22.1. The second kappa shape index (κ2) is 8.68. The summed E-state index contributed by atoms with van der Waals surface area (Å²) in [6.07, 6.45) is 5.68. The van der Waals surface area contributed by atoms with Crippen LogP contribution in [0.3, 0.4) is 0 Å². The van der Waals surface area contributed by atoms with E-state index in [4.69, 9.17) is 0 Å². The van der Waals surface area contributed by atoms with E-state index in [2.05, 4.69) is 37.4 Å². The Labute approximate surface area is 161 Å². The summed E-state index contributed by atoms with van der Waals surface area (Å²) in [7, 11) is 0. The molecular formula is C22H30N2O3. The third-order valence-corrected chi connectivity index (χ3v) is 5.94. The summed E-state index contributed by atoms with van der Waals surface area (Å²) in [5.74, 6) is -0.482. The molecule has 146 valence electrons. The number of rotatable bonds is 7. The number of hydrogen-bond donors (Lipinski definition) is 1. The van der Waals surface area contributed by atoms with Gasteiger partial charge in [0.15, 0.2) is 0 Å². The predicted octanol–water partition coefficient (Wildman–Crippen LogP) is 2.92. The van der Waals surface area contributed by atoms with Gasteiger partial charge >= 0.3 is 0 Å². The summed E-state index contributed by atoms with van der Waals surface area (Å²) in [5, 5.41) is 2.91. The van der Waals surface area contributed by atoms with Gasteiger partial charge in [0.05, 0.1) is 11.8 Å². The Morgan fingerprint density at radius 3 is 2.41 bits per heavy atom. The van der Waals surface area contributed by atoms with Gasteiger partial charge < -0.3 is 5.32 Å².